The molecule has 6 rings (SSSR count). The Bertz CT molecular complexity index is 1270. The fraction of sp³-hybridized carbons (Fsp3) is 0.391. The van der Waals surface area contributed by atoms with E-state index in [-0.39, 0.29) is 11.8 Å². The van der Waals surface area contributed by atoms with Crippen LogP contribution in [0.25, 0.3) is 33.2 Å². The smallest absolute Gasteiger partial charge is 0.225 e. The van der Waals surface area contributed by atoms with Gasteiger partial charge < -0.3 is 15.6 Å². The van der Waals surface area contributed by atoms with Crippen molar-refractivity contribution >= 4 is 33.7 Å². The number of imidazole rings is 1. The summed E-state index contributed by atoms with van der Waals surface area (Å²) < 4.78 is 0. The van der Waals surface area contributed by atoms with E-state index in [1.54, 1.807) is 6.20 Å². The van der Waals surface area contributed by atoms with E-state index in [0.717, 1.165) is 77.8 Å². The standard InChI is InChI=1S/C23H25N7O/c24-21-20-19(16-7-6-14(11-18(16)26-21)17-8-9-25-29-17)27-22(28-20)15-5-2-10-30(12-15)23(31)13-3-1-4-13/h6-9,11,13,15H,1-5,10,12H2,(H2,24,26)(H,25,29)(H,27,28)/t15-/m0/s1. The lowest BCUT2D eigenvalue weighted by Gasteiger charge is -2.36. The molecule has 1 aromatic carbocycles. The van der Waals surface area contributed by atoms with Crippen LogP contribution in [0.3, 0.4) is 0 Å². The lowest BCUT2D eigenvalue weighted by Crippen LogP contribution is -2.44. The molecule has 1 aliphatic heterocycles. The zero-order chi connectivity index (χ0) is 20.9. The van der Waals surface area contributed by atoms with Gasteiger partial charge in [-0.1, -0.05) is 12.5 Å². The first-order valence-corrected chi connectivity index (χ1v) is 11.0. The second-order valence-electron chi connectivity index (χ2n) is 8.80. The maximum atomic E-state index is 12.7. The second-order valence-corrected chi connectivity index (χ2v) is 8.80. The zero-order valence-corrected chi connectivity index (χ0v) is 17.3. The summed E-state index contributed by atoms with van der Waals surface area (Å²) >= 11 is 0. The summed E-state index contributed by atoms with van der Waals surface area (Å²) in [4.78, 5) is 27.8. The fourth-order valence-corrected chi connectivity index (χ4v) is 4.87. The van der Waals surface area contributed by atoms with Gasteiger partial charge in [-0.25, -0.2) is 9.97 Å². The molecule has 1 aliphatic carbocycles. The van der Waals surface area contributed by atoms with Crippen LogP contribution in [0.4, 0.5) is 5.82 Å². The van der Waals surface area contributed by atoms with Crippen molar-refractivity contribution < 1.29 is 4.79 Å². The highest BCUT2D eigenvalue weighted by Gasteiger charge is 2.33. The van der Waals surface area contributed by atoms with Crippen LogP contribution in [-0.4, -0.2) is 49.0 Å². The van der Waals surface area contributed by atoms with Crippen molar-refractivity contribution in [1.29, 1.82) is 0 Å². The molecule has 0 unspecified atom stereocenters. The van der Waals surface area contributed by atoms with Crippen LogP contribution in [-0.2, 0) is 4.79 Å². The number of rotatable bonds is 3. The molecule has 0 radical (unpaired) electrons. The number of pyridine rings is 1. The van der Waals surface area contributed by atoms with Gasteiger partial charge in [0.2, 0.25) is 5.91 Å². The lowest BCUT2D eigenvalue weighted by atomic mass is 9.83. The molecule has 158 valence electrons. The largest absolute Gasteiger partial charge is 0.382 e. The number of nitrogens with two attached hydrogens (primary N) is 1. The fourth-order valence-electron chi connectivity index (χ4n) is 4.87. The van der Waals surface area contributed by atoms with E-state index in [1.807, 2.05) is 29.2 Å². The Balaban J connectivity index is 1.36. The topological polar surface area (TPSA) is 117 Å². The normalized spacial score (nSPS) is 19.7. The highest BCUT2D eigenvalue weighted by molar-refractivity contribution is 6.07. The van der Waals surface area contributed by atoms with Gasteiger partial charge in [-0.15, -0.1) is 0 Å². The van der Waals surface area contributed by atoms with Gasteiger partial charge in [0.25, 0.3) is 0 Å². The molecule has 2 fully saturated rings. The van der Waals surface area contributed by atoms with E-state index in [9.17, 15) is 4.79 Å². The number of nitrogens with zero attached hydrogens (tertiary/aromatic N) is 4. The Labute approximate surface area is 179 Å². The third kappa shape index (κ3) is 3.05. The van der Waals surface area contributed by atoms with E-state index >= 15 is 0 Å². The molecule has 1 amide bonds. The van der Waals surface area contributed by atoms with Crippen LogP contribution in [0.15, 0.2) is 30.5 Å². The van der Waals surface area contributed by atoms with Crippen LogP contribution in [0, 0.1) is 5.92 Å². The third-order valence-corrected chi connectivity index (χ3v) is 6.86. The Morgan fingerprint density at radius 1 is 1.13 bits per heavy atom. The van der Waals surface area contributed by atoms with E-state index in [2.05, 4.69) is 20.2 Å². The second kappa shape index (κ2) is 7.08. The highest BCUT2D eigenvalue weighted by Crippen LogP contribution is 2.34. The molecule has 1 atom stereocenters. The number of likely N-dealkylation sites (tertiary alicyclic amines) is 1. The number of carbonyl (C=O) groups is 1. The minimum Gasteiger partial charge on any atom is -0.382 e. The highest BCUT2D eigenvalue weighted by atomic mass is 16.2. The summed E-state index contributed by atoms with van der Waals surface area (Å²) in [7, 11) is 0. The Morgan fingerprint density at radius 3 is 2.81 bits per heavy atom. The van der Waals surface area contributed by atoms with Crippen LogP contribution < -0.4 is 5.73 Å². The molecule has 0 spiro atoms. The van der Waals surface area contributed by atoms with Crippen molar-refractivity contribution in [2.75, 3.05) is 18.8 Å². The van der Waals surface area contributed by atoms with Crippen molar-refractivity contribution in [1.82, 2.24) is 30.0 Å². The van der Waals surface area contributed by atoms with E-state index < -0.39 is 0 Å². The molecule has 3 aromatic heterocycles. The maximum absolute atomic E-state index is 12.7. The number of nitrogens with one attached hydrogen (secondary N) is 2. The number of anilines is 1. The molecule has 8 nitrogen and oxygen atoms in total. The molecule has 4 heterocycles. The number of hydrogen-bond acceptors (Lipinski definition) is 5. The number of fused-ring (bicyclic) bond motifs is 3. The molecule has 1 saturated carbocycles. The van der Waals surface area contributed by atoms with Gasteiger partial charge in [-0.05, 0) is 43.9 Å². The molecular weight excluding hydrogens is 390 g/mol. The predicted octanol–water partition coefficient (Wildman–Crippen LogP) is 3.59. The quantitative estimate of drug-likeness (QED) is 0.473. The van der Waals surface area contributed by atoms with E-state index in [0.29, 0.717) is 11.7 Å². The summed E-state index contributed by atoms with van der Waals surface area (Å²) in [6.45, 7) is 1.58. The first-order valence-electron chi connectivity index (χ1n) is 11.0. The molecule has 2 aliphatic rings. The predicted molar refractivity (Wildman–Crippen MR) is 119 cm³/mol. The van der Waals surface area contributed by atoms with Crippen molar-refractivity contribution in [3.05, 3.63) is 36.3 Å². The van der Waals surface area contributed by atoms with Gasteiger partial charge in [-0.2, -0.15) is 5.10 Å². The number of aromatic nitrogens is 5. The van der Waals surface area contributed by atoms with Crippen LogP contribution in [0.1, 0.15) is 43.8 Å². The van der Waals surface area contributed by atoms with Crippen molar-refractivity contribution in [2.24, 2.45) is 5.92 Å². The van der Waals surface area contributed by atoms with Gasteiger partial charge >= 0.3 is 0 Å². The van der Waals surface area contributed by atoms with Crippen molar-refractivity contribution in [3.63, 3.8) is 0 Å². The first kappa shape index (κ1) is 18.4. The summed E-state index contributed by atoms with van der Waals surface area (Å²) in [5.74, 6) is 2.11. The van der Waals surface area contributed by atoms with Crippen molar-refractivity contribution in [2.45, 2.75) is 38.0 Å². The summed E-state index contributed by atoms with van der Waals surface area (Å²) in [5.41, 5.74) is 10.7. The summed E-state index contributed by atoms with van der Waals surface area (Å²) in [6.07, 6.45) is 7.01. The number of piperidine rings is 1. The number of H-pyrrole nitrogens is 2. The number of aromatic amines is 2. The van der Waals surface area contributed by atoms with Gasteiger partial charge in [0.05, 0.1) is 11.2 Å². The Kier molecular flexibility index (Phi) is 4.19. The molecule has 31 heavy (non-hydrogen) atoms. The van der Waals surface area contributed by atoms with E-state index in [1.165, 1.54) is 6.42 Å². The van der Waals surface area contributed by atoms with E-state index in [4.69, 9.17) is 10.7 Å². The molecular formula is C23H25N7O. The number of nitrogen functional groups attached to an aromatic ring is 1. The third-order valence-electron chi connectivity index (χ3n) is 6.86. The lowest BCUT2D eigenvalue weighted by molar-refractivity contribution is -0.139. The van der Waals surface area contributed by atoms with Gasteiger partial charge in [0.15, 0.2) is 0 Å². The molecule has 0 bridgehead atoms. The van der Waals surface area contributed by atoms with Gasteiger partial charge in [-0.3, -0.25) is 9.89 Å². The summed E-state index contributed by atoms with van der Waals surface area (Å²) in [5, 5.41) is 7.97. The molecule has 4 N–H and O–H groups in total. The molecule has 8 heteroatoms. The molecule has 1 saturated heterocycles. The number of hydrogen-bond donors (Lipinski definition) is 3. The number of benzene rings is 1. The Morgan fingerprint density at radius 2 is 2.03 bits per heavy atom. The minimum atomic E-state index is 0.198. The first-order chi connectivity index (χ1) is 15.2. The molecule has 4 aromatic rings. The average molecular weight is 416 g/mol. The number of carbonyl (C=O) groups excluding carboxylic acids is 1. The van der Waals surface area contributed by atoms with Crippen LogP contribution in [0.2, 0.25) is 0 Å². The van der Waals surface area contributed by atoms with Gasteiger partial charge in [0, 0.05) is 42.1 Å². The minimum absolute atomic E-state index is 0.198. The van der Waals surface area contributed by atoms with Gasteiger partial charge in [0.1, 0.15) is 22.7 Å². The Hall–Kier alpha value is -3.42. The van der Waals surface area contributed by atoms with Crippen LogP contribution >= 0.6 is 0 Å². The zero-order valence-electron chi connectivity index (χ0n) is 17.3. The summed E-state index contributed by atoms with van der Waals surface area (Å²) in [6, 6.07) is 8.02. The number of amides is 1. The van der Waals surface area contributed by atoms with Crippen molar-refractivity contribution in [3.8, 4) is 11.3 Å². The average Bonchev–Trinajstić information content (AvgIpc) is 3.43. The van der Waals surface area contributed by atoms with Crippen LogP contribution in [0.5, 0.6) is 0 Å². The SMILES string of the molecule is Nc1nc2cc(-c3ccn[nH]3)ccc2c2nc([C@H]3CCCN(C(=O)C4CCC4)C3)[nH]c12. The maximum Gasteiger partial charge on any atom is 0.225 e. The monoisotopic (exact) mass is 415 g/mol.